The molecule has 0 amide bonds. The van der Waals surface area contributed by atoms with Gasteiger partial charge in [-0.05, 0) is 37.7 Å². The van der Waals surface area contributed by atoms with Crippen molar-refractivity contribution in [3.05, 3.63) is 47.5 Å². The van der Waals surface area contributed by atoms with E-state index in [9.17, 15) is 0 Å². The molecule has 18 heavy (non-hydrogen) atoms. The van der Waals surface area contributed by atoms with Gasteiger partial charge < -0.3 is 14.6 Å². The standard InChI is InChI=1S/C14H19N3O/c1-11-12(9-15-2)6-7-14(16-11)17(3)10-13-5-4-8-18-13/h4-8,15H,9-10H2,1-3H3. The van der Waals surface area contributed by atoms with Crippen molar-refractivity contribution in [2.75, 3.05) is 19.0 Å². The summed E-state index contributed by atoms with van der Waals surface area (Å²) in [5.74, 6) is 1.90. The molecule has 2 rings (SSSR count). The highest BCUT2D eigenvalue weighted by molar-refractivity contribution is 5.41. The lowest BCUT2D eigenvalue weighted by Crippen LogP contribution is -2.18. The Morgan fingerprint density at radius 3 is 2.78 bits per heavy atom. The molecule has 0 unspecified atom stereocenters. The lowest BCUT2D eigenvalue weighted by molar-refractivity contribution is 0.507. The summed E-state index contributed by atoms with van der Waals surface area (Å²) in [6.45, 7) is 3.61. The molecule has 0 aliphatic rings. The van der Waals surface area contributed by atoms with Gasteiger partial charge in [-0.15, -0.1) is 0 Å². The van der Waals surface area contributed by atoms with Crippen LogP contribution in [0.3, 0.4) is 0 Å². The fraction of sp³-hybridized carbons (Fsp3) is 0.357. The zero-order valence-corrected chi connectivity index (χ0v) is 11.1. The summed E-state index contributed by atoms with van der Waals surface area (Å²) >= 11 is 0. The van der Waals surface area contributed by atoms with Crippen LogP contribution in [0.4, 0.5) is 5.82 Å². The summed E-state index contributed by atoms with van der Waals surface area (Å²) in [5, 5.41) is 3.14. The zero-order valence-electron chi connectivity index (χ0n) is 11.1. The molecule has 2 heterocycles. The molecular formula is C14H19N3O. The van der Waals surface area contributed by atoms with Crippen LogP contribution in [-0.4, -0.2) is 19.1 Å². The maximum Gasteiger partial charge on any atom is 0.128 e. The van der Waals surface area contributed by atoms with E-state index in [1.165, 1.54) is 5.56 Å². The molecule has 0 aliphatic carbocycles. The molecule has 96 valence electrons. The van der Waals surface area contributed by atoms with Crippen molar-refractivity contribution in [2.45, 2.75) is 20.0 Å². The van der Waals surface area contributed by atoms with Gasteiger partial charge in [-0.2, -0.15) is 0 Å². The van der Waals surface area contributed by atoms with Gasteiger partial charge in [-0.1, -0.05) is 6.07 Å². The van der Waals surface area contributed by atoms with Crippen molar-refractivity contribution in [1.29, 1.82) is 0 Å². The first-order valence-electron chi connectivity index (χ1n) is 6.05. The summed E-state index contributed by atoms with van der Waals surface area (Å²) in [6, 6.07) is 8.03. The van der Waals surface area contributed by atoms with E-state index < -0.39 is 0 Å². The topological polar surface area (TPSA) is 41.3 Å². The monoisotopic (exact) mass is 245 g/mol. The minimum atomic E-state index is 0.727. The van der Waals surface area contributed by atoms with Crippen molar-refractivity contribution in [3.63, 3.8) is 0 Å². The second-order valence-electron chi connectivity index (χ2n) is 4.38. The lowest BCUT2D eigenvalue weighted by atomic mass is 10.2. The van der Waals surface area contributed by atoms with Crippen LogP contribution in [0.25, 0.3) is 0 Å². The molecule has 0 aliphatic heterocycles. The van der Waals surface area contributed by atoms with Crippen LogP contribution in [0.1, 0.15) is 17.0 Å². The maximum absolute atomic E-state index is 5.34. The molecule has 4 heteroatoms. The summed E-state index contributed by atoms with van der Waals surface area (Å²) in [7, 11) is 3.96. The third-order valence-corrected chi connectivity index (χ3v) is 2.91. The van der Waals surface area contributed by atoms with Crippen molar-refractivity contribution >= 4 is 5.82 Å². The van der Waals surface area contributed by atoms with Gasteiger partial charge >= 0.3 is 0 Å². The number of furan rings is 1. The van der Waals surface area contributed by atoms with Crippen molar-refractivity contribution in [2.24, 2.45) is 0 Å². The normalized spacial score (nSPS) is 10.6. The van der Waals surface area contributed by atoms with E-state index in [4.69, 9.17) is 4.42 Å². The van der Waals surface area contributed by atoms with Crippen LogP contribution in [0.15, 0.2) is 34.9 Å². The van der Waals surface area contributed by atoms with Gasteiger partial charge in [0.2, 0.25) is 0 Å². The van der Waals surface area contributed by atoms with Crippen molar-refractivity contribution in [3.8, 4) is 0 Å². The summed E-state index contributed by atoms with van der Waals surface area (Å²) < 4.78 is 5.34. The molecule has 0 aromatic carbocycles. The first-order valence-corrected chi connectivity index (χ1v) is 6.05. The second-order valence-corrected chi connectivity index (χ2v) is 4.38. The third kappa shape index (κ3) is 2.90. The molecule has 0 spiro atoms. The van der Waals surface area contributed by atoms with Crippen LogP contribution in [-0.2, 0) is 13.1 Å². The Hall–Kier alpha value is -1.81. The molecule has 1 N–H and O–H groups in total. The van der Waals surface area contributed by atoms with Crippen molar-refractivity contribution < 1.29 is 4.42 Å². The summed E-state index contributed by atoms with van der Waals surface area (Å²) in [6.07, 6.45) is 1.69. The molecule has 0 saturated carbocycles. The Bertz CT molecular complexity index is 494. The molecule has 4 nitrogen and oxygen atoms in total. The molecule has 2 aromatic rings. The Morgan fingerprint density at radius 1 is 1.33 bits per heavy atom. The largest absolute Gasteiger partial charge is 0.467 e. The maximum atomic E-state index is 5.34. The van der Waals surface area contributed by atoms with E-state index >= 15 is 0 Å². The molecule has 0 fully saturated rings. The van der Waals surface area contributed by atoms with Crippen LogP contribution in [0.2, 0.25) is 0 Å². The second kappa shape index (κ2) is 5.69. The van der Waals surface area contributed by atoms with Gasteiger partial charge in [0.25, 0.3) is 0 Å². The number of nitrogens with zero attached hydrogens (tertiary/aromatic N) is 2. The quantitative estimate of drug-likeness (QED) is 0.878. The van der Waals surface area contributed by atoms with Crippen LogP contribution < -0.4 is 10.2 Å². The number of aryl methyl sites for hydroxylation is 1. The number of aromatic nitrogens is 1. The average Bonchev–Trinajstić information content (AvgIpc) is 2.84. The molecular weight excluding hydrogens is 226 g/mol. The number of anilines is 1. The highest BCUT2D eigenvalue weighted by atomic mass is 16.3. The average molecular weight is 245 g/mol. The predicted molar refractivity (Wildman–Crippen MR) is 72.6 cm³/mol. The van der Waals surface area contributed by atoms with Gasteiger partial charge in [0, 0.05) is 19.3 Å². The Morgan fingerprint density at radius 2 is 2.17 bits per heavy atom. The SMILES string of the molecule is CNCc1ccc(N(C)Cc2ccco2)nc1C. The van der Waals surface area contributed by atoms with Gasteiger partial charge in [0.15, 0.2) is 0 Å². The van der Waals surface area contributed by atoms with Crippen LogP contribution >= 0.6 is 0 Å². The van der Waals surface area contributed by atoms with E-state index in [1.807, 2.05) is 39.2 Å². The molecule has 2 aromatic heterocycles. The van der Waals surface area contributed by atoms with E-state index in [-0.39, 0.29) is 0 Å². The predicted octanol–water partition coefficient (Wildman–Crippen LogP) is 2.34. The van der Waals surface area contributed by atoms with Gasteiger partial charge in [-0.25, -0.2) is 4.98 Å². The van der Waals surface area contributed by atoms with Crippen molar-refractivity contribution in [1.82, 2.24) is 10.3 Å². The first kappa shape index (κ1) is 12.6. The minimum Gasteiger partial charge on any atom is -0.467 e. The first-order chi connectivity index (χ1) is 8.70. The fourth-order valence-corrected chi connectivity index (χ4v) is 1.88. The number of nitrogens with one attached hydrogen (secondary N) is 1. The van der Waals surface area contributed by atoms with Gasteiger partial charge in [-0.3, -0.25) is 0 Å². The third-order valence-electron chi connectivity index (χ3n) is 2.91. The lowest BCUT2D eigenvalue weighted by Gasteiger charge is -2.18. The molecule has 0 atom stereocenters. The fourth-order valence-electron chi connectivity index (χ4n) is 1.88. The Labute approximate surface area is 108 Å². The highest BCUT2D eigenvalue weighted by Crippen LogP contribution is 2.16. The van der Waals surface area contributed by atoms with Gasteiger partial charge in [0.1, 0.15) is 11.6 Å². The Kier molecular flexibility index (Phi) is 3.99. The van der Waals surface area contributed by atoms with E-state index in [0.717, 1.165) is 30.4 Å². The number of hydrogen-bond donors (Lipinski definition) is 1. The number of hydrogen-bond acceptors (Lipinski definition) is 4. The minimum absolute atomic E-state index is 0.727. The number of rotatable bonds is 5. The zero-order chi connectivity index (χ0) is 13.0. The molecule has 0 bridgehead atoms. The van der Waals surface area contributed by atoms with Crippen LogP contribution in [0.5, 0.6) is 0 Å². The summed E-state index contributed by atoms with van der Waals surface area (Å²) in [5.41, 5.74) is 2.29. The molecule has 0 saturated heterocycles. The Balaban J connectivity index is 2.11. The van der Waals surface area contributed by atoms with Crippen LogP contribution in [0, 0.1) is 6.92 Å². The van der Waals surface area contributed by atoms with E-state index in [1.54, 1.807) is 6.26 Å². The smallest absolute Gasteiger partial charge is 0.128 e. The van der Waals surface area contributed by atoms with Gasteiger partial charge in [0.05, 0.1) is 12.8 Å². The highest BCUT2D eigenvalue weighted by Gasteiger charge is 2.07. The summed E-state index contributed by atoms with van der Waals surface area (Å²) in [4.78, 5) is 6.69. The van der Waals surface area contributed by atoms with E-state index in [0.29, 0.717) is 0 Å². The number of pyridine rings is 1. The van der Waals surface area contributed by atoms with E-state index in [2.05, 4.69) is 21.3 Å². The molecule has 0 radical (unpaired) electrons.